The number of nitrogens with zero attached hydrogens (tertiary/aromatic N) is 3. The van der Waals surface area contributed by atoms with Gasteiger partial charge in [0.05, 0.1) is 17.1 Å². The van der Waals surface area contributed by atoms with Crippen molar-refractivity contribution in [3.63, 3.8) is 0 Å². The van der Waals surface area contributed by atoms with Crippen LogP contribution in [0.1, 0.15) is 18.3 Å². The standard InChI is InChI=1S/C11H13FN4/c1-2-11-10(7-13)14-15-16(11)9-5-3-4-8(12)6-9/h3-6H,2,7,13H2,1H3. The van der Waals surface area contributed by atoms with Crippen molar-refractivity contribution in [2.45, 2.75) is 19.9 Å². The minimum Gasteiger partial charge on any atom is -0.325 e. The Morgan fingerprint density at radius 1 is 1.44 bits per heavy atom. The molecular formula is C11H13FN4. The van der Waals surface area contributed by atoms with Crippen molar-refractivity contribution < 1.29 is 4.39 Å². The van der Waals surface area contributed by atoms with E-state index in [1.807, 2.05) is 6.92 Å². The van der Waals surface area contributed by atoms with Gasteiger partial charge in [-0.05, 0) is 24.6 Å². The van der Waals surface area contributed by atoms with E-state index in [0.29, 0.717) is 12.2 Å². The first kappa shape index (κ1) is 10.8. The van der Waals surface area contributed by atoms with E-state index < -0.39 is 0 Å². The summed E-state index contributed by atoms with van der Waals surface area (Å²) < 4.78 is 14.7. The average Bonchev–Trinajstić information content (AvgIpc) is 2.71. The number of halogens is 1. The van der Waals surface area contributed by atoms with Gasteiger partial charge in [-0.25, -0.2) is 9.07 Å². The normalized spacial score (nSPS) is 10.7. The third kappa shape index (κ3) is 1.81. The van der Waals surface area contributed by atoms with Crippen LogP contribution in [0.3, 0.4) is 0 Å². The lowest BCUT2D eigenvalue weighted by molar-refractivity contribution is 0.624. The van der Waals surface area contributed by atoms with Gasteiger partial charge in [-0.3, -0.25) is 0 Å². The first-order valence-electron chi connectivity index (χ1n) is 5.15. The van der Waals surface area contributed by atoms with Crippen molar-refractivity contribution in [3.8, 4) is 5.69 Å². The number of hydrogen-bond acceptors (Lipinski definition) is 3. The zero-order chi connectivity index (χ0) is 11.5. The van der Waals surface area contributed by atoms with E-state index in [4.69, 9.17) is 5.73 Å². The molecule has 4 nitrogen and oxygen atoms in total. The van der Waals surface area contributed by atoms with Crippen molar-refractivity contribution in [1.82, 2.24) is 15.0 Å². The molecule has 0 radical (unpaired) electrons. The van der Waals surface area contributed by atoms with Crippen LogP contribution in [0.15, 0.2) is 24.3 Å². The Kier molecular flexibility index (Phi) is 2.96. The van der Waals surface area contributed by atoms with Crippen LogP contribution in [0.5, 0.6) is 0 Å². The Labute approximate surface area is 92.9 Å². The van der Waals surface area contributed by atoms with E-state index in [0.717, 1.165) is 17.8 Å². The molecule has 1 heterocycles. The first-order valence-corrected chi connectivity index (χ1v) is 5.15. The molecule has 0 amide bonds. The highest BCUT2D eigenvalue weighted by Gasteiger charge is 2.11. The number of nitrogens with two attached hydrogens (primary N) is 1. The summed E-state index contributed by atoms with van der Waals surface area (Å²) in [7, 11) is 0. The lowest BCUT2D eigenvalue weighted by Crippen LogP contribution is -2.05. The summed E-state index contributed by atoms with van der Waals surface area (Å²) >= 11 is 0. The molecule has 16 heavy (non-hydrogen) atoms. The molecule has 0 aliphatic heterocycles. The fourth-order valence-electron chi connectivity index (χ4n) is 1.66. The number of hydrogen-bond donors (Lipinski definition) is 1. The molecule has 0 spiro atoms. The molecule has 0 aliphatic carbocycles. The minimum absolute atomic E-state index is 0.288. The molecule has 1 aromatic heterocycles. The van der Waals surface area contributed by atoms with E-state index in [1.54, 1.807) is 16.8 Å². The molecule has 0 fully saturated rings. The van der Waals surface area contributed by atoms with E-state index >= 15 is 0 Å². The van der Waals surface area contributed by atoms with E-state index in [1.165, 1.54) is 12.1 Å². The fourth-order valence-corrected chi connectivity index (χ4v) is 1.66. The topological polar surface area (TPSA) is 56.7 Å². The van der Waals surface area contributed by atoms with Crippen molar-refractivity contribution in [1.29, 1.82) is 0 Å². The summed E-state index contributed by atoms with van der Waals surface area (Å²) in [4.78, 5) is 0. The van der Waals surface area contributed by atoms with Gasteiger partial charge in [0.1, 0.15) is 5.82 Å². The Balaban J connectivity index is 2.51. The summed E-state index contributed by atoms with van der Waals surface area (Å²) in [6.07, 6.45) is 0.760. The van der Waals surface area contributed by atoms with Crippen LogP contribution in [-0.4, -0.2) is 15.0 Å². The van der Waals surface area contributed by atoms with Gasteiger partial charge in [0.15, 0.2) is 0 Å². The van der Waals surface area contributed by atoms with E-state index in [-0.39, 0.29) is 5.82 Å². The maximum atomic E-state index is 13.1. The van der Waals surface area contributed by atoms with Crippen LogP contribution < -0.4 is 5.73 Å². The third-order valence-electron chi connectivity index (χ3n) is 2.42. The molecule has 1 aromatic carbocycles. The minimum atomic E-state index is -0.288. The zero-order valence-electron chi connectivity index (χ0n) is 9.02. The molecule has 0 bridgehead atoms. The quantitative estimate of drug-likeness (QED) is 0.851. The molecule has 0 aliphatic rings. The van der Waals surface area contributed by atoms with Crippen LogP contribution in [-0.2, 0) is 13.0 Å². The van der Waals surface area contributed by atoms with Crippen LogP contribution in [0.25, 0.3) is 5.69 Å². The van der Waals surface area contributed by atoms with Gasteiger partial charge in [0.25, 0.3) is 0 Å². The second-order valence-electron chi connectivity index (χ2n) is 3.43. The smallest absolute Gasteiger partial charge is 0.125 e. The molecular weight excluding hydrogens is 207 g/mol. The molecule has 2 rings (SSSR count). The van der Waals surface area contributed by atoms with Gasteiger partial charge in [0.2, 0.25) is 0 Å². The molecule has 0 atom stereocenters. The molecule has 0 unspecified atom stereocenters. The third-order valence-corrected chi connectivity index (χ3v) is 2.42. The molecule has 0 saturated heterocycles. The molecule has 0 saturated carbocycles. The van der Waals surface area contributed by atoms with Crippen LogP contribution in [0.4, 0.5) is 4.39 Å². The van der Waals surface area contributed by atoms with Gasteiger partial charge in [0, 0.05) is 6.54 Å². The van der Waals surface area contributed by atoms with Gasteiger partial charge in [-0.1, -0.05) is 18.2 Å². The summed E-state index contributed by atoms with van der Waals surface area (Å²) in [6.45, 7) is 2.34. The second-order valence-corrected chi connectivity index (χ2v) is 3.43. The monoisotopic (exact) mass is 220 g/mol. The van der Waals surface area contributed by atoms with Crippen molar-refractivity contribution >= 4 is 0 Å². The van der Waals surface area contributed by atoms with Crippen molar-refractivity contribution in [2.24, 2.45) is 5.73 Å². The predicted molar refractivity (Wildman–Crippen MR) is 58.6 cm³/mol. The largest absolute Gasteiger partial charge is 0.325 e. The SMILES string of the molecule is CCc1c(CN)nnn1-c1cccc(F)c1. The Morgan fingerprint density at radius 2 is 2.25 bits per heavy atom. The number of benzene rings is 1. The molecule has 5 heteroatoms. The predicted octanol–water partition coefficient (Wildman–Crippen LogP) is 1.43. The molecule has 2 aromatic rings. The Hall–Kier alpha value is -1.75. The van der Waals surface area contributed by atoms with Crippen LogP contribution in [0.2, 0.25) is 0 Å². The highest BCUT2D eigenvalue weighted by molar-refractivity contribution is 5.33. The zero-order valence-corrected chi connectivity index (χ0v) is 9.02. The van der Waals surface area contributed by atoms with E-state index in [2.05, 4.69) is 10.3 Å². The fraction of sp³-hybridized carbons (Fsp3) is 0.273. The van der Waals surface area contributed by atoms with Gasteiger partial charge >= 0.3 is 0 Å². The molecule has 2 N–H and O–H groups in total. The van der Waals surface area contributed by atoms with Crippen molar-refractivity contribution in [2.75, 3.05) is 0 Å². The number of rotatable bonds is 3. The summed E-state index contributed by atoms with van der Waals surface area (Å²) in [6, 6.07) is 6.26. The average molecular weight is 220 g/mol. The second kappa shape index (κ2) is 4.40. The highest BCUT2D eigenvalue weighted by atomic mass is 19.1. The lowest BCUT2D eigenvalue weighted by atomic mass is 10.2. The Morgan fingerprint density at radius 3 is 2.88 bits per heavy atom. The van der Waals surface area contributed by atoms with Crippen molar-refractivity contribution in [3.05, 3.63) is 41.5 Å². The maximum Gasteiger partial charge on any atom is 0.125 e. The first-order chi connectivity index (χ1) is 7.76. The molecule has 84 valence electrons. The lowest BCUT2D eigenvalue weighted by Gasteiger charge is -2.05. The van der Waals surface area contributed by atoms with Crippen LogP contribution in [0, 0.1) is 5.82 Å². The highest BCUT2D eigenvalue weighted by Crippen LogP contribution is 2.14. The van der Waals surface area contributed by atoms with Crippen LogP contribution >= 0.6 is 0 Å². The van der Waals surface area contributed by atoms with Gasteiger partial charge < -0.3 is 5.73 Å². The maximum absolute atomic E-state index is 13.1. The van der Waals surface area contributed by atoms with Gasteiger partial charge in [-0.2, -0.15) is 0 Å². The Bertz CT molecular complexity index is 492. The van der Waals surface area contributed by atoms with Gasteiger partial charge in [-0.15, -0.1) is 5.10 Å². The summed E-state index contributed by atoms with van der Waals surface area (Å²) in [5, 5.41) is 7.97. The summed E-state index contributed by atoms with van der Waals surface area (Å²) in [5.74, 6) is -0.288. The number of aromatic nitrogens is 3. The summed E-state index contributed by atoms with van der Waals surface area (Å²) in [5.41, 5.74) is 7.91. The van der Waals surface area contributed by atoms with E-state index in [9.17, 15) is 4.39 Å².